The van der Waals surface area contributed by atoms with Gasteiger partial charge in [-0.25, -0.2) is 0 Å². The van der Waals surface area contributed by atoms with E-state index in [-0.39, 0.29) is 37.7 Å². The fourth-order valence-electron chi connectivity index (χ4n) is 5.83. The van der Waals surface area contributed by atoms with Crippen LogP contribution in [-0.2, 0) is 49.6 Å². The summed E-state index contributed by atoms with van der Waals surface area (Å²) in [6.45, 7) is 8.55. The summed E-state index contributed by atoms with van der Waals surface area (Å²) in [5.41, 5.74) is 11.5. The number of rotatable bonds is 27. The lowest BCUT2D eigenvalue weighted by Crippen LogP contribution is -2.61. The van der Waals surface area contributed by atoms with Crippen molar-refractivity contribution in [2.24, 2.45) is 23.3 Å². The van der Waals surface area contributed by atoms with Crippen LogP contribution in [-0.4, -0.2) is 125 Å². The summed E-state index contributed by atoms with van der Waals surface area (Å²) in [5.74, 6) is -9.55. The van der Waals surface area contributed by atoms with Gasteiger partial charge in [-0.2, -0.15) is 0 Å². The van der Waals surface area contributed by atoms with Crippen LogP contribution < -0.4 is 54.0 Å². The molecule has 15 N–H and O–H groups in total. The van der Waals surface area contributed by atoms with E-state index >= 15 is 0 Å². The summed E-state index contributed by atoms with van der Waals surface area (Å²) >= 11 is 0. The molecular weight excluding hydrogens is 798 g/mol. The predicted molar refractivity (Wildman–Crippen MR) is 222 cm³/mol. The molecule has 61 heavy (non-hydrogen) atoms. The van der Waals surface area contributed by atoms with Crippen molar-refractivity contribution in [3.63, 3.8) is 0 Å². The molecule has 0 saturated carbocycles. The van der Waals surface area contributed by atoms with Gasteiger partial charge in [0.05, 0.1) is 13.0 Å². The number of benzene rings is 1. The number of aliphatic hydroxyl groups excluding tert-OH is 1. The van der Waals surface area contributed by atoms with E-state index in [1.807, 2.05) is 6.92 Å². The highest BCUT2D eigenvalue weighted by Crippen LogP contribution is 2.13. The molecule has 0 heterocycles. The molecule has 22 heteroatoms. The number of aliphatic hydroxyl groups is 1. The minimum Gasteiger partial charge on any atom is -0.481 e. The van der Waals surface area contributed by atoms with Crippen LogP contribution in [0.25, 0.3) is 0 Å². The number of primary amides is 1. The number of carbonyl (C=O) groups is 9. The lowest BCUT2D eigenvalue weighted by Gasteiger charge is -2.29. The molecule has 0 aromatic heterocycles. The van der Waals surface area contributed by atoms with Crippen molar-refractivity contribution in [3.05, 3.63) is 35.9 Å². The highest BCUT2D eigenvalue weighted by atomic mass is 16.4. The zero-order chi connectivity index (χ0) is 46.4. The molecule has 0 aliphatic carbocycles. The molecule has 1 unspecified atom stereocenters. The van der Waals surface area contributed by atoms with Gasteiger partial charge in [0.15, 0.2) is 5.96 Å². The Hall–Kier alpha value is -6.32. The third-order valence-corrected chi connectivity index (χ3v) is 9.78. The SMILES string of the molecule is CC[C@H](C)[C@H](NC(=O)[C@H](Cc1ccccc1)NC(=O)[C@@H](NC(=O)C(CC(=O)O)NC(=O)[C@H](C)NC(=O)[C@H](CO)NC(=O)[C@H](CCCNC(=N)N)NC(C)=O)[C@@H](C)CC)C(N)=O. The zero-order valence-electron chi connectivity index (χ0n) is 35.5. The summed E-state index contributed by atoms with van der Waals surface area (Å²) in [7, 11) is 0. The first-order valence-corrected chi connectivity index (χ1v) is 20.0. The van der Waals surface area contributed by atoms with E-state index in [0.717, 1.165) is 0 Å². The summed E-state index contributed by atoms with van der Waals surface area (Å²) in [6.07, 6.45) is 0.230. The van der Waals surface area contributed by atoms with Crippen LogP contribution in [0.5, 0.6) is 0 Å². The maximum Gasteiger partial charge on any atom is 0.305 e. The fraction of sp³-hybridized carbons (Fsp3) is 0.590. The molecule has 0 saturated heterocycles. The number of carboxylic acid groups (broad SMARTS) is 1. The maximum absolute atomic E-state index is 13.9. The number of nitrogens with one attached hydrogen (secondary N) is 9. The summed E-state index contributed by atoms with van der Waals surface area (Å²) in [4.78, 5) is 116. The van der Waals surface area contributed by atoms with E-state index in [2.05, 4.69) is 42.5 Å². The van der Waals surface area contributed by atoms with Crippen LogP contribution in [0.1, 0.15) is 79.2 Å². The van der Waals surface area contributed by atoms with Crippen molar-refractivity contribution in [3.8, 4) is 0 Å². The number of guanidine groups is 1. The summed E-state index contributed by atoms with van der Waals surface area (Å²) < 4.78 is 0. The molecule has 1 aromatic rings. The second-order valence-corrected chi connectivity index (χ2v) is 14.8. The molecule has 340 valence electrons. The van der Waals surface area contributed by atoms with Crippen LogP contribution in [0, 0.1) is 17.2 Å². The Bertz CT molecular complexity index is 1700. The van der Waals surface area contributed by atoms with Gasteiger partial charge in [-0.15, -0.1) is 0 Å². The second kappa shape index (κ2) is 26.7. The number of carbonyl (C=O) groups excluding carboxylic acids is 8. The smallest absolute Gasteiger partial charge is 0.305 e. The minimum absolute atomic E-state index is 0.0104. The first-order valence-electron chi connectivity index (χ1n) is 20.0. The molecule has 0 aliphatic heterocycles. The van der Waals surface area contributed by atoms with Gasteiger partial charge in [-0.1, -0.05) is 70.9 Å². The molecule has 1 rings (SSSR count). The number of amides is 8. The zero-order valence-corrected chi connectivity index (χ0v) is 35.5. The average Bonchev–Trinajstić information content (AvgIpc) is 3.20. The van der Waals surface area contributed by atoms with Crippen molar-refractivity contribution in [1.29, 1.82) is 5.41 Å². The molecule has 0 spiro atoms. The Labute approximate surface area is 354 Å². The fourth-order valence-corrected chi connectivity index (χ4v) is 5.83. The van der Waals surface area contributed by atoms with E-state index in [0.29, 0.717) is 18.4 Å². The quantitative estimate of drug-likeness (QED) is 0.0238. The molecule has 0 aliphatic rings. The van der Waals surface area contributed by atoms with Crippen molar-refractivity contribution < 1.29 is 53.4 Å². The van der Waals surface area contributed by atoms with Gasteiger partial charge in [0.25, 0.3) is 0 Å². The number of nitrogens with two attached hydrogens (primary N) is 2. The number of aliphatic carboxylic acids is 1. The van der Waals surface area contributed by atoms with Gasteiger partial charge in [0.2, 0.25) is 47.3 Å². The Kier molecular flexibility index (Phi) is 23.1. The topological polar surface area (TPSA) is 366 Å². The van der Waals surface area contributed by atoms with Crippen molar-refractivity contribution in [2.45, 2.75) is 122 Å². The van der Waals surface area contributed by atoms with Gasteiger partial charge in [0, 0.05) is 19.9 Å². The monoisotopic (exact) mass is 861 g/mol. The Balaban J connectivity index is 3.20. The molecule has 22 nitrogen and oxygen atoms in total. The van der Waals surface area contributed by atoms with Gasteiger partial charge < -0.3 is 64.2 Å². The lowest BCUT2D eigenvalue weighted by molar-refractivity contribution is -0.141. The first kappa shape index (κ1) is 52.7. The van der Waals surface area contributed by atoms with Gasteiger partial charge in [-0.3, -0.25) is 48.6 Å². The average molecular weight is 862 g/mol. The standard InChI is InChI=1S/C39H63N11O11/c1-7-20(3)30(32(40)55)49-35(58)26(17-24-13-10-9-11-14-24)47-38(61)31(21(4)8-2)50-36(59)27(18-29(53)54)46-33(56)22(5)44-37(60)28(19-51)48-34(57)25(45-23(6)52)15-12-16-43-39(41)42/h9-11,13-14,20-22,25-28,30-31,51H,7-8,12,15-19H2,1-6H3,(H2,40,55)(H,44,60)(H,45,52)(H,46,56)(H,47,61)(H,48,57)(H,49,58)(H,50,59)(H,53,54)(H4,41,42,43)/t20-,21-,22-,25-,26-,27?,28-,30-,31-/m0/s1. The Morgan fingerprint density at radius 1 is 0.656 bits per heavy atom. The molecule has 1 aromatic carbocycles. The molecule has 9 atom stereocenters. The molecule has 0 fully saturated rings. The van der Waals surface area contributed by atoms with Crippen molar-refractivity contribution >= 4 is 59.2 Å². The molecule has 0 radical (unpaired) electrons. The minimum atomic E-state index is -1.77. The van der Waals surface area contributed by atoms with Gasteiger partial charge in [0.1, 0.15) is 42.3 Å². The van der Waals surface area contributed by atoms with Crippen molar-refractivity contribution in [1.82, 2.24) is 42.5 Å². The molecular formula is C39H63N11O11. The maximum atomic E-state index is 13.9. The molecule has 8 amide bonds. The van der Waals surface area contributed by atoms with E-state index in [1.165, 1.54) is 13.8 Å². The predicted octanol–water partition coefficient (Wildman–Crippen LogP) is -3.03. The highest BCUT2D eigenvalue weighted by Gasteiger charge is 2.35. The van der Waals surface area contributed by atoms with Gasteiger partial charge >= 0.3 is 5.97 Å². The number of hydrogen-bond donors (Lipinski definition) is 13. The third-order valence-electron chi connectivity index (χ3n) is 9.78. The van der Waals surface area contributed by atoms with Crippen LogP contribution in [0.2, 0.25) is 0 Å². The van der Waals surface area contributed by atoms with Crippen LogP contribution in [0.15, 0.2) is 30.3 Å². The lowest BCUT2D eigenvalue weighted by atomic mass is 9.95. The van der Waals surface area contributed by atoms with Crippen molar-refractivity contribution in [2.75, 3.05) is 13.2 Å². The molecule has 0 bridgehead atoms. The van der Waals surface area contributed by atoms with Crippen LogP contribution >= 0.6 is 0 Å². The highest BCUT2D eigenvalue weighted by molar-refractivity contribution is 5.98. The third kappa shape index (κ3) is 19.1. The largest absolute Gasteiger partial charge is 0.481 e. The Morgan fingerprint density at radius 2 is 1.16 bits per heavy atom. The second-order valence-electron chi connectivity index (χ2n) is 14.8. The first-order chi connectivity index (χ1) is 28.6. The summed E-state index contributed by atoms with van der Waals surface area (Å²) in [5, 5.41) is 46.3. The van der Waals surface area contributed by atoms with E-state index in [4.69, 9.17) is 16.9 Å². The summed E-state index contributed by atoms with van der Waals surface area (Å²) in [6, 6.07) is -0.932. The van der Waals surface area contributed by atoms with E-state index < -0.39 is 114 Å². The van der Waals surface area contributed by atoms with Crippen LogP contribution in [0.3, 0.4) is 0 Å². The Morgan fingerprint density at radius 3 is 1.69 bits per heavy atom. The van der Waals surface area contributed by atoms with Crippen LogP contribution in [0.4, 0.5) is 0 Å². The van der Waals surface area contributed by atoms with Gasteiger partial charge in [-0.05, 0) is 37.2 Å². The normalized spacial score (nSPS) is 15.3. The number of hydrogen-bond acceptors (Lipinski definition) is 11. The van der Waals surface area contributed by atoms with E-state index in [9.17, 15) is 53.4 Å². The number of carboxylic acids is 1. The van der Waals surface area contributed by atoms with E-state index in [1.54, 1.807) is 51.1 Å².